The zero-order chi connectivity index (χ0) is 8.97. The average Bonchev–Trinajstić information content (AvgIpc) is 2.03. The lowest BCUT2D eigenvalue weighted by molar-refractivity contribution is 0.627. The molecule has 0 radical (unpaired) electrons. The number of benzene rings is 1. The van der Waals surface area contributed by atoms with E-state index in [1.54, 1.807) is 12.1 Å². The van der Waals surface area contributed by atoms with Gasteiger partial charge in [-0.2, -0.15) is 0 Å². The number of rotatable bonds is 3. The van der Waals surface area contributed by atoms with Crippen molar-refractivity contribution in [2.45, 2.75) is 12.8 Å². The van der Waals surface area contributed by atoms with Gasteiger partial charge in [0.25, 0.3) is 0 Å². The summed E-state index contributed by atoms with van der Waals surface area (Å²) in [7, 11) is 0. The maximum absolute atomic E-state index is 12.4. The van der Waals surface area contributed by atoms with Gasteiger partial charge in [0.2, 0.25) is 0 Å². The molecule has 2 heteroatoms. The molecular weight excluding hydrogens is 175 g/mol. The van der Waals surface area contributed by atoms with Crippen molar-refractivity contribution in [1.29, 1.82) is 0 Å². The highest BCUT2D eigenvalue weighted by molar-refractivity contribution is 6.29. The van der Waals surface area contributed by atoms with Crippen LogP contribution in [0.3, 0.4) is 0 Å². The molecule has 1 rings (SSSR count). The fourth-order valence-corrected chi connectivity index (χ4v) is 1.03. The van der Waals surface area contributed by atoms with E-state index in [9.17, 15) is 4.39 Å². The lowest BCUT2D eigenvalue weighted by Gasteiger charge is -1.98. The summed E-state index contributed by atoms with van der Waals surface area (Å²) in [6, 6.07) is 6.42. The molecule has 0 aliphatic heterocycles. The SMILES string of the molecule is C=C(Cl)CCc1ccc(F)cc1. The van der Waals surface area contributed by atoms with Gasteiger partial charge in [-0.05, 0) is 30.5 Å². The highest BCUT2D eigenvalue weighted by Gasteiger charge is 1.94. The third-order valence-electron chi connectivity index (χ3n) is 1.60. The Hall–Kier alpha value is -0.820. The van der Waals surface area contributed by atoms with Crippen LogP contribution in [0.4, 0.5) is 4.39 Å². The normalized spacial score (nSPS) is 9.83. The summed E-state index contributed by atoms with van der Waals surface area (Å²) in [5.41, 5.74) is 1.08. The van der Waals surface area contributed by atoms with Crippen molar-refractivity contribution in [3.05, 3.63) is 47.3 Å². The van der Waals surface area contributed by atoms with Crippen molar-refractivity contribution in [3.8, 4) is 0 Å². The van der Waals surface area contributed by atoms with E-state index in [0.717, 1.165) is 18.4 Å². The minimum Gasteiger partial charge on any atom is -0.207 e. The van der Waals surface area contributed by atoms with Crippen LogP contribution in [0, 0.1) is 5.82 Å². The van der Waals surface area contributed by atoms with E-state index in [2.05, 4.69) is 6.58 Å². The molecule has 0 aromatic heterocycles. The Kier molecular flexibility index (Phi) is 3.30. The van der Waals surface area contributed by atoms with Crippen LogP contribution in [0.1, 0.15) is 12.0 Å². The molecule has 0 atom stereocenters. The van der Waals surface area contributed by atoms with Crippen LogP contribution >= 0.6 is 11.6 Å². The van der Waals surface area contributed by atoms with Crippen LogP contribution < -0.4 is 0 Å². The molecule has 0 N–H and O–H groups in total. The Morgan fingerprint density at radius 1 is 1.33 bits per heavy atom. The Morgan fingerprint density at radius 2 is 1.92 bits per heavy atom. The van der Waals surface area contributed by atoms with Crippen LogP contribution in [-0.2, 0) is 6.42 Å². The van der Waals surface area contributed by atoms with Crippen LogP contribution in [0.5, 0.6) is 0 Å². The van der Waals surface area contributed by atoms with Crippen molar-refractivity contribution in [2.75, 3.05) is 0 Å². The first-order valence-corrected chi connectivity index (χ1v) is 4.14. The highest BCUT2D eigenvalue weighted by Crippen LogP contribution is 2.10. The largest absolute Gasteiger partial charge is 0.207 e. The Balaban J connectivity index is 2.53. The smallest absolute Gasteiger partial charge is 0.123 e. The summed E-state index contributed by atoms with van der Waals surface area (Å²) in [5, 5.41) is 0.638. The second-order valence-corrected chi connectivity index (χ2v) is 3.18. The molecule has 0 spiro atoms. The van der Waals surface area contributed by atoms with Gasteiger partial charge in [-0.1, -0.05) is 30.3 Å². The molecule has 0 saturated carbocycles. The third kappa shape index (κ3) is 3.05. The fraction of sp³-hybridized carbons (Fsp3) is 0.200. The fourth-order valence-electron chi connectivity index (χ4n) is 0.931. The lowest BCUT2D eigenvalue weighted by Crippen LogP contribution is -1.84. The first kappa shape index (κ1) is 9.27. The highest BCUT2D eigenvalue weighted by atomic mass is 35.5. The second kappa shape index (κ2) is 4.27. The van der Waals surface area contributed by atoms with E-state index >= 15 is 0 Å². The van der Waals surface area contributed by atoms with Crippen molar-refractivity contribution in [2.24, 2.45) is 0 Å². The van der Waals surface area contributed by atoms with Gasteiger partial charge in [-0.25, -0.2) is 4.39 Å². The average molecular weight is 185 g/mol. The van der Waals surface area contributed by atoms with Crippen molar-refractivity contribution >= 4 is 11.6 Å². The summed E-state index contributed by atoms with van der Waals surface area (Å²) in [6.45, 7) is 3.58. The third-order valence-corrected chi connectivity index (χ3v) is 1.79. The Bertz CT molecular complexity index is 264. The topological polar surface area (TPSA) is 0 Å². The minimum atomic E-state index is -0.205. The zero-order valence-electron chi connectivity index (χ0n) is 6.69. The molecule has 0 fully saturated rings. The number of hydrogen-bond acceptors (Lipinski definition) is 0. The first-order valence-electron chi connectivity index (χ1n) is 3.76. The zero-order valence-corrected chi connectivity index (χ0v) is 7.44. The lowest BCUT2D eigenvalue weighted by atomic mass is 10.1. The van der Waals surface area contributed by atoms with Crippen molar-refractivity contribution in [1.82, 2.24) is 0 Å². The first-order chi connectivity index (χ1) is 5.68. The Morgan fingerprint density at radius 3 is 2.42 bits per heavy atom. The quantitative estimate of drug-likeness (QED) is 0.675. The summed E-state index contributed by atoms with van der Waals surface area (Å²) >= 11 is 5.59. The number of allylic oxidation sites excluding steroid dienone is 1. The molecule has 0 heterocycles. The predicted molar refractivity (Wildman–Crippen MR) is 49.7 cm³/mol. The van der Waals surface area contributed by atoms with Crippen LogP contribution in [0.15, 0.2) is 35.9 Å². The molecule has 64 valence electrons. The van der Waals surface area contributed by atoms with E-state index < -0.39 is 0 Å². The molecule has 12 heavy (non-hydrogen) atoms. The molecule has 0 aliphatic carbocycles. The van der Waals surface area contributed by atoms with E-state index in [4.69, 9.17) is 11.6 Å². The van der Waals surface area contributed by atoms with Gasteiger partial charge in [0.1, 0.15) is 5.82 Å². The van der Waals surface area contributed by atoms with Crippen molar-refractivity contribution < 1.29 is 4.39 Å². The molecule has 0 aliphatic rings. The molecule has 0 amide bonds. The second-order valence-electron chi connectivity index (χ2n) is 2.64. The maximum Gasteiger partial charge on any atom is 0.123 e. The summed E-state index contributed by atoms with van der Waals surface area (Å²) in [4.78, 5) is 0. The van der Waals surface area contributed by atoms with Crippen LogP contribution in [0.2, 0.25) is 0 Å². The van der Waals surface area contributed by atoms with Gasteiger partial charge in [0.15, 0.2) is 0 Å². The van der Waals surface area contributed by atoms with E-state index in [1.165, 1.54) is 12.1 Å². The van der Waals surface area contributed by atoms with Gasteiger partial charge >= 0.3 is 0 Å². The standard InChI is InChI=1S/C10H10ClF/c1-8(11)2-3-9-4-6-10(12)7-5-9/h4-7H,1-3H2. The number of hydrogen-bond donors (Lipinski definition) is 0. The molecule has 0 bridgehead atoms. The molecule has 0 saturated heterocycles. The monoisotopic (exact) mass is 184 g/mol. The Labute approximate surface area is 76.7 Å². The van der Waals surface area contributed by atoms with E-state index in [-0.39, 0.29) is 5.82 Å². The summed E-state index contributed by atoms with van der Waals surface area (Å²) in [5.74, 6) is -0.205. The number of aryl methyl sites for hydroxylation is 1. The van der Waals surface area contributed by atoms with Gasteiger partial charge in [0.05, 0.1) is 0 Å². The minimum absolute atomic E-state index is 0.205. The molecule has 1 aromatic carbocycles. The van der Waals surface area contributed by atoms with Crippen LogP contribution in [0.25, 0.3) is 0 Å². The predicted octanol–water partition coefficient (Wildman–Crippen LogP) is 3.51. The van der Waals surface area contributed by atoms with E-state index in [0.29, 0.717) is 5.03 Å². The van der Waals surface area contributed by atoms with Gasteiger partial charge in [0, 0.05) is 5.03 Å². The maximum atomic E-state index is 12.4. The van der Waals surface area contributed by atoms with E-state index in [1.807, 2.05) is 0 Å². The summed E-state index contributed by atoms with van der Waals surface area (Å²) in [6.07, 6.45) is 1.57. The molecule has 0 nitrogen and oxygen atoms in total. The number of halogens is 2. The van der Waals surface area contributed by atoms with Crippen LogP contribution in [-0.4, -0.2) is 0 Å². The molecule has 1 aromatic rings. The van der Waals surface area contributed by atoms with Crippen molar-refractivity contribution in [3.63, 3.8) is 0 Å². The van der Waals surface area contributed by atoms with Gasteiger partial charge in [-0.15, -0.1) is 0 Å². The molecular formula is C10H10ClF. The molecule has 0 unspecified atom stereocenters. The summed E-state index contributed by atoms with van der Waals surface area (Å²) < 4.78 is 12.4. The van der Waals surface area contributed by atoms with Gasteiger partial charge in [-0.3, -0.25) is 0 Å². The van der Waals surface area contributed by atoms with Gasteiger partial charge < -0.3 is 0 Å².